The number of nitrogens with zero attached hydrogens (tertiary/aromatic N) is 2. The van der Waals surface area contributed by atoms with E-state index in [-0.39, 0.29) is 0 Å². The highest BCUT2D eigenvalue weighted by atomic mass is 79.9. The number of halogens is 1. The fourth-order valence-electron chi connectivity index (χ4n) is 3.66. The third-order valence-corrected chi connectivity index (χ3v) is 5.63. The van der Waals surface area contributed by atoms with Crippen molar-refractivity contribution >= 4 is 15.9 Å². The lowest BCUT2D eigenvalue weighted by Gasteiger charge is -2.16. The Kier molecular flexibility index (Phi) is 5.42. The molecule has 0 atom stereocenters. The van der Waals surface area contributed by atoms with Gasteiger partial charge in [-0.3, -0.25) is 0 Å². The Bertz CT molecular complexity index is 1320. The Balaban J connectivity index is 1.85. The highest BCUT2D eigenvalue weighted by molar-refractivity contribution is 9.10. The molecule has 148 valence electrons. The lowest BCUT2D eigenvalue weighted by Crippen LogP contribution is -2.00. The van der Waals surface area contributed by atoms with Crippen molar-refractivity contribution in [2.75, 3.05) is 0 Å². The van der Waals surface area contributed by atoms with E-state index in [9.17, 15) is 0 Å². The van der Waals surface area contributed by atoms with E-state index in [4.69, 9.17) is 9.97 Å². The summed E-state index contributed by atoms with van der Waals surface area (Å²) in [5, 5.41) is 0. The van der Waals surface area contributed by atoms with Crippen molar-refractivity contribution < 1.29 is 0 Å². The molecule has 0 aliphatic carbocycles. The van der Waals surface area contributed by atoms with Gasteiger partial charge in [0, 0.05) is 26.7 Å². The predicted octanol–water partition coefficient (Wildman–Crippen LogP) is 7.91. The lowest BCUT2D eigenvalue weighted by atomic mass is 9.99. The summed E-state index contributed by atoms with van der Waals surface area (Å²) in [5.74, 6) is 0. The maximum absolute atomic E-state index is 5.22. The van der Waals surface area contributed by atoms with Gasteiger partial charge in [-0.15, -0.1) is 0 Å². The van der Waals surface area contributed by atoms with Crippen molar-refractivity contribution in [2.24, 2.45) is 0 Å². The molecule has 0 saturated carbocycles. The summed E-state index contributed by atoms with van der Waals surface area (Å²) >= 11 is 3.61. The molecule has 2 nitrogen and oxygen atoms in total. The second kappa shape index (κ2) is 8.66. The monoisotopic (exact) mass is 462 g/mol. The van der Waals surface area contributed by atoms with Crippen LogP contribution in [0.25, 0.3) is 45.0 Å². The Morgan fingerprint density at radius 3 is 1.13 bits per heavy atom. The molecule has 0 fully saturated rings. The summed E-state index contributed by atoms with van der Waals surface area (Å²) in [5.41, 5.74) is 7.66. The number of benzene rings is 4. The maximum atomic E-state index is 5.22. The molecule has 0 saturated heterocycles. The molecule has 0 spiro atoms. The quantitative estimate of drug-likeness (QED) is 0.271. The van der Waals surface area contributed by atoms with E-state index in [1.54, 1.807) is 0 Å². The van der Waals surface area contributed by atoms with Crippen LogP contribution < -0.4 is 0 Å². The molecule has 0 bridgehead atoms. The van der Waals surface area contributed by atoms with Gasteiger partial charge in [-0.2, -0.15) is 0 Å². The second-order valence-electron chi connectivity index (χ2n) is 7.23. The van der Waals surface area contributed by atoms with Crippen LogP contribution in [0.15, 0.2) is 120 Å². The van der Waals surface area contributed by atoms with Gasteiger partial charge in [0.2, 0.25) is 0 Å². The zero-order valence-corrected chi connectivity index (χ0v) is 18.3. The van der Waals surface area contributed by atoms with Gasteiger partial charge >= 0.3 is 0 Å². The SMILES string of the molecule is Brc1cccc(-c2nc(-c3ccccc3)c(-c3ccccc3)nc2-c2ccccc2)c1. The summed E-state index contributed by atoms with van der Waals surface area (Å²) in [7, 11) is 0. The fraction of sp³-hybridized carbons (Fsp3) is 0. The normalized spacial score (nSPS) is 10.7. The third-order valence-electron chi connectivity index (χ3n) is 5.14. The minimum absolute atomic E-state index is 0.867. The molecule has 5 aromatic rings. The topological polar surface area (TPSA) is 25.8 Å². The average Bonchev–Trinajstić information content (AvgIpc) is 2.85. The van der Waals surface area contributed by atoms with Crippen molar-refractivity contribution in [1.82, 2.24) is 9.97 Å². The first-order chi connectivity index (χ1) is 15.3. The van der Waals surface area contributed by atoms with Crippen LogP contribution >= 0.6 is 15.9 Å². The third kappa shape index (κ3) is 4.05. The number of aromatic nitrogens is 2. The van der Waals surface area contributed by atoms with Crippen LogP contribution in [-0.2, 0) is 0 Å². The second-order valence-corrected chi connectivity index (χ2v) is 8.14. The maximum Gasteiger partial charge on any atom is 0.0973 e. The summed E-state index contributed by atoms with van der Waals surface area (Å²) in [6.07, 6.45) is 0. The smallest absolute Gasteiger partial charge is 0.0973 e. The summed E-state index contributed by atoms with van der Waals surface area (Å²) in [6.45, 7) is 0. The van der Waals surface area contributed by atoms with Gasteiger partial charge < -0.3 is 0 Å². The molecule has 0 aliphatic heterocycles. The largest absolute Gasteiger partial charge is 0.243 e. The Morgan fingerprint density at radius 2 is 0.742 bits per heavy atom. The van der Waals surface area contributed by atoms with Crippen molar-refractivity contribution in [2.45, 2.75) is 0 Å². The fourth-order valence-corrected chi connectivity index (χ4v) is 4.06. The van der Waals surface area contributed by atoms with E-state index < -0.39 is 0 Å². The number of rotatable bonds is 4. The molecule has 0 aliphatic rings. The summed E-state index contributed by atoms with van der Waals surface area (Å²) < 4.78 is 1.01. The molecular formula is C28H19BrN2. The molecule has 0 amide bonds. The molecule has 4 aromatic carbocycles. The van der Waals surface area contributed by atoms with Gasteiger partial charge in [-0.05, 0) is 12.1 Å². The predicted molar refractivity (Wildman–Crippen MR) is 131 cm³/mol. The van der Waals surface area contributed by atoms with Gasteiger partial charge in [0.1, 0.15) is 0 Å². The van der Waals surface area contributed by atoms with Gasteiger partial charge in [0.05, 0.1) is 22.8 Å². The molecule has 1 aromatic heterocycles. The standard InChI is InChI=1S/C28H19BrN2/c29-24-18-10-17-23(19-24)28-27(22-15-8-3-9-16-22)30-25(20-11-4-1-5-12-20)26(31-28)21-13-6-2-7-14-21/h1-19H. The van der Waals surface area contributed by atoms with Gasteiger partial charge in [0.25, 0.3) is 0 Å². The van der Waals surface area contributed by atoms with Crippen LogP contribution in [0.4, 0.5) is 0 Å². The molecule has 5 rings (SSSR count). The Hall–Kier alpha value is -3.56. The Morgan fingerprint density at radius 1 is 0.387 bits per heavy atom. The van der Waals surface area contributed by atoms with E-state index in [0.29, 0.717) is 0 Å². The van der Waals surface area contributed by atoms with Gasteiger partial charge in [-0.25, -0.2) is 9.97 Å². The molecule has 31 heavy (non-hydrogen) atoms. The average molecular weight is 463 g/mol. The first-order valence-corrected chi connectivity index (χ1v) is 10.9. The minimum atomic E-state index is 0.867. The zero-order chi connectivity index (χ0) is 21.0. The molecule has 3 heteroatoms. The van der Waals surface area contributed by atoms with Crippen LogP contribution in [0.1, 0.15) is 0 Å². The summed E-state index contributed by atoms with van der Waals surface area (Å²) in [6, 6.07) is 39.0. The van der Waals surface area contributed by atoms with E-state index >= 15 is 0 Å². The van der Waals surface area contributed by atoms with Crippen LogP contribution in [0, 0.1) is 0 Å². The molecule has 1 heterocycles. The first kappa shape index (κ1) is 19.4. The molecule has 0 unspecified atom stereocenters. The Labute approximate surface area is 190 Å². The van der Waals surface area contributed by atoms with Crippen LogP contribution in [0.2, 0.25) is 0 Å². The van der Waals surface area contributed by atoms with Crippen LogP contribution in [0.3, 0.4) is 0 Å². The van der Waals surface area contributed by atoms with Crippen LogP contribution in [-0.4, -0.2) is 9.97 Å². The van der Waals surface area contributed by atoms with Crippen molar-refractivity contribution in [1.29, 1.82) is 0 Å². The van der Waals surface area contributed by atoms with Crippen LogP contribution in [0.5, 0.6) is 0 Å². The summed E-state index contributed by atoms with van der Waals surface area (Å²) in [4.78, 5) is 10.4. The van der Waals surface area contributed by atoms with Crippen molar-refractivity contribution in [3.05, 3.63) is 120 Å². The highest BCUT2D eigenvalue weighted by Crippen LogP contribution is 2.37. The van der Waals surface area contributed by atoms with E-state index in [0.717, 1.165) is 49.5 Å². The van der Waals surface area contributed by atoms with E-state index in [2.05, 4.69) is 64.5 Å². The highest BCUT2D eigenvalue weighted by Gasteiger charge is 2.19. The van der Waals surface area contributed by atoms with E-state index in [1.165, 1.54) is 0 Å². The minimum Gasteiger partial charge on any atom is -0.243 e. The number of hydrogen-bond donors (Lipinski definition) is 0. The van der Waals surface area contributed by atoms with Gasteiger partial charge in [0.15, 0.2) is 0 Å². The van der Waals surface area contributed by atoms with Crippen molar-refractivity contribution in [3.63, 3.8) is 0 Å². The molecular weight excluding hydrogens is 444 g/mol. The number of hydrogen-bond acceptors (Lipinski definition) is 2. The molecule has 0 N–H and O–H groups in total. The van der Waals surface area contributed by atoms with Crippen molar-refractivity contribution in [3.8, 4) is 45.0 Å². The van der Waals surface area contributed by atoms with Gasteiger partial charge in [-0.1, -0.05) is 119 Å². The lowest BCUT2D eigenvalue weighted by molar-refractivity contribution is 1.21. The van der Waals surface area contributed by atoms with E-state index in [1.807, 2.05) is 66.7 Å². The zero-order valence-electron chi connectivity index (χ0n) is 16.7. The molecule has 0 radical (unpaired) electrons. The first-order valence-electron chi connectivity index (χ1n) is 10.1.